The third kappa shape index (κ3) is 2.68. The van der Waals surface area contributed by atoms with Gasteiger partial charge < -0.3 is 10.2 Å². The first-order valence-corrected chi connectivity index (χ1v) is 9.57. The number of urea groups is 1. The largest absolute Gasteiger partial charge is 0.325 e. The van der Waals surface area contributed by atoms with E-state index in [0.717, 1.165) is 28.1 Å². The minimum atomic E-state index is -1.12. The molecule has 0 saturated carbocycles. The number of nitrogens with zero attached hydrogens (tertiary/aromatic N) is 2. The van der Waals surface area contributed by atoms with E-state index in [2.05, 4.69) is 5.32 Å². The minimum absolute atomic E-state index is 0.00396. The Morgan fingerprint density at radius 2 is 1.79 bits per heavy atom. The van der Waals surface area contributed by atoms with Crippen molar-refractivity contribution in [2.24, 2.45) is 0 Å². The molecule has 2 aliphatic rings. The van der Waals surface area contributed by atoms with E-state index in [1.165, 1.54) is 0 Å². The number of amides is 4. The van der Waals surface area contributed by atoms with Crippen LogP contribution in [0.5, 0.6) is 0 Å². The zero-order chi connectivity index (χ0) is 19.9. The van der Waals surface area contributed by atoms with E-state index in [1.54, 1.807) is 4.90 Å². The number of anilines is 1. The number of fused-ring (bicyclic) bond motifs is 1. The lowest BCUT2D eigenvalue weighted by atomic mass is 9.87. The zero-order valence-electron chi connectivity index (χ0n) is 16.0. The van der Waals surface area contributed by atoms with Gasteiger partial charge in [0.25, 0.3) is 5.91 Å². The third-order valence-corrected chi connectivity index (χ3v) is 5.74. The molecule has 0 aromatic heterocycles. The summed E-state index contributed by atoms with van der Waals surface area (Å²) in [7, 11) is 0. The van der Waals surface area contributed by atoms with Gasteiger partial charge in [0.15, 0.2) is 0 Å². The topological polar surface area (TPSA) is 69.7 Å². The number of imide groups is 1. The molecule has 0 bridgehead atoms. The molecular formula is C22H23N3O3. The van der Waals surface area contributed by atoms with Crippen LogP contribution in [0.25, 0.3) is 0 Å². The van der Waals surface area contributed by atoms with Crippen LogP contribution in [0.3, 0.4) is 0 Å². The van der Waals surface area contributed by atoms with Gasteiger partial charge in [0.2, 0.25) is 5.91 Å². The second kappa shape index (κ2) is 6.78. The molecule has 0 spiro atoms. The summed E-state index contributed by atoms with van der Waals surface area (Å²) in [4.78, 5) is 41.7. The van der Waals surface area contributed by atoms with Gasteiger partial charge in [0.05, 0.1) is 0 Å². The average molecular weight is 377 g/mol. The van der Waals surface area contributed by atoms with Crippen molar-refractivity contribution in [1.82, 2.24) is 10.2 Å². The van der Waals surface area contributed by atoms with Crippen molar-refractivity contribution in [3.8, 4) is 0 Å². The summed E-state index contributed by atoms with van der Waals surface area (Å²) in [5.41, 5.74) is 1.57. The van der Waals surface area contributed by atoms with Crippen LogP contribution in [-0.4, -0.2) is 35.3 Å². The molecule has 2 heterocycles. The number of benzene rings is 2. The van der Waals surface area contributed by atoms with Gasteiger partial charge in [-0.05, 0) is 37.0 Å². The second-order valence-electron chi connectivity index (χ2n) is 7.39. The number of hydrogen-bond donors (Lipinski definition) is 1. The van der Waals surface area contributed by atoms with Gasteiger partial charge in [-0.25, -0.2) is 4.79 Å². The molecule has 0 aliphatic carbocycles. The normalized spacial score (nSPS) is 23.7. The fourth-order valence-electron chi connectivity index (χ4n) is 4.29. The third-order valence-electron chi connectivity index (χ3n) is 5.74. The lowest BCUT2D eigenvalue weighted by Gasteiger charge is -2.27. The average Bonchev–Trinajstić information content (AvgIpc) is 3.17. The van der Waals surface area contributed by atoms with Crippen molar-refractivity contribution in [3.05, 3.63) is 65.7 Å². The van der Waals surface area contributed by atoms with Crippen LogP contribution < -0.4 is 10.2 Å². The van der Waals surface area contributed by atoms with Crippen LogP contribution in [0.1, 0.15) is 31.4 Å². The Morgan fingerprint density at radius 3 is 2.50 bits per heavy atom. The molecule has 1 fully saturated rings. The Balaban J connectivity index is 1.60. The van der Waals surface area contributed by atoms with Crippen molar-refractivity contribution in [1.29, 1.82) is 0 Å². The van der Waals surface area contributed by atoms with E-state index in [4.69, 9.17) is 0 Å². The molecule has 0 radical (unpaired) electrons. The summed E-state index contributed by atoms with van der Waals surface area (Å²) in [6.45, 7) is 3.57. The lowest BCUT2D eigenvalue weighted by molar-refractivity contribution is -0.134. The highest BCUT2D eigenvalue weighted by Gasteiger charge is 2.52. The highest BCUT2D eigenvalue weighted by Crippen LogP contribution is 2.34. The molecule has 2 aromatic rings. The molecule has 2 aromatic carbocycles. The van der Waals surface area contributed by atoms with E-state index >= 15 is 0 Å². The van der Waals surface area contributed by atoms with E-state index in [0.29, 0.717) is 6.42 Å². The summed E-state index contributed by atoms with van der Waals surface area (Å²) in [6, 6.07) is 16.4. The summed E-state index contributed by atoms with van der Waals surface area (Å²) in [5, 5.41) is 2.83. The lowest BCUT2D eigenvalue weighted by Crippen LogP contribution is -2.46. The number of carbonyl (C=O) groups is 3. The zero-order valence-corrected chi connectivity index (χ0v) is 16.0. The number of para-hydroxylation sites is 1. The highest BCUT2D eigenvalue weighted by atomic mass is 16.2. The first-order chi connectivity index (χ1) is 13.5. The maximum absolute atomic E-state index is 13.2. The summed E-state index contributed by atoms with van der Waals surface area (Å²) in [5.74, 6) is -0.624. The van der Waals surface area contributed by atoms with Crippen LogP contribution in [0.15, 0.2) is 54.6 Å². The fourth-order valence-corrected chi connectivity index (χ4v) is 4.29. The predicted molar refractivity (Wildman–Crippen MR) is 106 cm³/mol. The quantitative estimate of drug-likeness (QED) is 0.833. The molecule has 1 N–H and O–H groups in total. The molecule has 28 heavy (non-hydrogen) atoms. The van der Waals surface area contributed by atoms with E-state index in [1.807, 2.05) is 68.4 Å². The van der Waals surface area contributed by atoms with Crippen LogP contribution in [0, 0.1) is 0 Å². The maximum Gasteiger partial charge on any atom is 0.325 e. The van der Waals surface area contributed by atoms with E-state index in [-0.39, 0.29) is 24.4 Å². The summed E-state index contributed by atoms with van der Waals surface area (Å²) < 4.78 is 0. The Morgan fingerprint density at radius 1 is 1.11 bits per heavy atom. The molecule has 2 aliphatic heterocycles. The molecule has 1 saturated heterocycles. The van der Waals surface area contributed by atoms with Crippen molar-refractivity contribution in [2.75, 3.05) is 11.4 Å². The van der Waals surface area contributed by atoms with Crippen LogP contribution in [-0.2, 0) is 21.5 Å². The smallest absolute Gasteiger partial charge is 0.319 e. The van der Waals surface area contributed by atoms with Gasteiger partial charge in [-0.3, -0.25) is 14.5 Å². The van der Waals surface area contributed by atoms with Gasteiger partial charge in [-0.1, -0.05) is 55.5 Å². The van der Waals surface area contributed by atoms with Gasteiger partial charge in [-0.2, -0.15) is 0 Å². The molecule has 4 amide bonds. The van der Waals surface area contributed by atoms with Gasteiger partial charge in [0, 0.05) is 11.7 Å². The first-order valence-electron chi connectivity index (χ1n) is 9.57. The molecule has 144 valence electrons. The number of rotatable bonds is 4. The number of carbonyl (C=O) groups excluding carboxylic acids is 3. The Labute approximate surface area is 164 Å². The Hall–Kier alpha value is -3.15. The van der Waals surface area contributed by atoms with Crippen molar-refractivity contribution < 1.29 is 14.4 Å². The Bertz CT molecular complexity index is 943. The fraction of sp³-hybridized carbons (Fsp3) is 0.318. The number of nitrogens with one attached hydrogen (secondary N) is 1. The van der Waals surface area contributed by atoms with Crippen molar-refractivity contribution in [2.45, 2.75) is 38.3 Å². The van der Waals surface area contributed by atoms with Crippen LogP contribution >= 0.6 is 0 Å². The molecule has 6 heteroatoms. The standard InChI is InChI=1S/C22H23N3O3/c1-3-22(17-10-5-4-6-11-17)20(27)24(21(28)23-22)14-19(26)25-15(2)13-16-9-7-8-12-18(16)25/h4-12,15H,3,13-14H2,1-2H3,(H,23,28). The van der Waals surface area contributed by atoms with Crippen LogP contribution in [0.4, 0.5) is 10.5 Å². The molecule has 2 unspecified atom stereocenters. The predicted octanol–water partition coefficient (Wildman–Crippen LogP) is 2.82. The Kier molecular flexibility index (Phi) is 4.41. The summed E-state index contributed by atoms with van der Waals surface area (Å²) in [6.07, 6.45) is 1.18. The number of hydrogen-bond acceptors (Lipinski definition) is 3. The minimum Gasteiger partial charge on any atom is -0.319 e. The van der Waals surface area contributed by atoms with Crippen molar-refractivity contribution in [3.63, 3.8) is 0 Å². The van der Waals surface area contributed by atoms with E-state index < -0.39 is 11.6 Å². The van der Waals surface area contributed by atoms with E-state index in [9.17, 15) is 14.4 Å². The van der Waals surface area contributed by atoms with Gasteiger partial charge >= 0.3 is 6.03 Å². The monoisotopic (exact) mass is 377 g/mol. The second-order valence-corrected chi connectivity index (χ2v) is 7.39. The molecule has 2 atom stereocenters. The molecule has 4 rings (SSSR count). The first kappa shape index (κ1) is 18.2. The SMILES string of the molecule is CCC1(c2ccccc2)NC(=O)N(CC(=O)N2c3ccccc3CC2C)C1=O. The van der Waals surface area contributed by atoms with Gasteiger partial charge in [0.1, 0.15) is 12.1 Å². The summed E-state index contributed by atoms with van der Waals surface area (Å²) >= 11 is 0. The molecule has 6 nitrogen and oxygen atoms in total. The molecular weight excluding hydrogens is 354 g/mol. The van der Waals surface area contributed by atoms with Crippen molar-refractivity contribution >= 4 is 23.5 Å². The van der Waals surface area contributed by atoms with Crippen LogP contribution in [0.2, 0.25) is 0 Å². The highest BCUT2D eigenvalue weighted by molar-refractivity contribution is 6.11. The maximum atomic E-state index is 13.2. The van der Waals surface area contributed by atoms with Gasteiger partial charge in [-0.15, -0.1) is 0 Å².